The molecule has 0 radical (unpaired) electrons. The molecule has 1 N–H and O–H groups in total. The van der Waals surface area contributed by atoms with E-state index in [9.17, 15) is 13.2 Å². The molecule has 0 spiro atoms. The zero-order valence-electron chi connectivity index (χ0n) is 11.3. The number of carboxylic acid groups (broad SMARTS) is 1. The first-order chi connectivity index (χ1) is 9.92. The molecule has 8 heteroatoms. The second-order valence-corrected chi connectivity index (χ2v) is 6.43. The highest BCUT2D eigenvalue weighted by Crippen LogP contribution is 2.16. The van der Waals surface area contributed by atoms with E-state index in [0.29, 0.717) is 12.2 Å². The summed E-state index contributed by atoms with van der Waals surface area (Å²) in [7, 11) is -3.65. The number of benzene rings is 1. The van der Waals surface area contributed by atoms with Crippen molar-refractivity contribution in [1.82, 2.24) is 10.1 Å². The van der Waals surface area contributed by atoms with Crippen LogP contribution in [0, 0.1) is 0 Å². The predicted molar refractivity (Wildman–Crippen MR) is 72.6 cm³/mol. The summed E-state index contributed by atoms with van der Waals surface area (Å²) < 4.78 is 29.3. The van der Waals surface area contributed by atoms with Crippen molar-refractivity contribution in [3.05, 3.63) is 41.5 Å². The van der Waals surface area contributed by atoms with E-state index in [1.165, 1.54) is 24.3 Å². The minimum Gasteiger partial charge on any atom is -0.478 e. The van der Waals surface area contributed by atoms with Crippen molar-refractivity contribution in [2.75, 3.05) is 0 Å². The number of carbonyl (C=O) groups is 1. The lowest BCUT2D eigenvalue weighted by atomic mass is 10.2. The molecule has 1 aromatic heterocycles. The van der Waals surface area contributed by atoms with Crippen molar-refractivity contribution in [3.63, 3.8) is 0 Å². The molecule has 1 heterocycles. The van der Waals surface area contributed by atoms with Gasteiger partial charge in [0.15, 0.2) is 15.7 Å². The van der Waals surface area contributed by atoms with E-state index in [2.05, 4.69) is 10.1 Å². The van der Waals surface area contributed by atoms with Gasteiger partial charge in [-0.3, -0.25) is 0 Å². The van der Waals surface area contributed by atoms with Crippen LogP contribution in [0.4, 0.5) is 0 Å². The van der Waals surface area contributed by atoms with E-state index < -0.39 is 21.6 Å². The van der Waals surface area contributed by atoms with E-state index >= 15 is 0 Å². The zero-order valence-corrected chi connectivity index (χ0v) is 12.1. The molecule has 0 aliphatic heterocycles. The van der Waals surface area contributed by atoms with Gasteiger partial charge in [-0.2, -0.15) is 4.98 Å². The van der Waals surface area contributed by atoms with Gasteiger partial charge in [0.05, 0.1) is 10.5 Å². The van der Waals surface area contributed by atoms with Crippen LogP contribution in [0.15, 0.2) is 33.7 Å². The van der Waals surface area contributed by atoms with Gasteiger partial charge >= 0.3 is 5.97 Å². The van der Waals surface area contributed by atoms with Crippen LogP contribution in [0.25, 0.3) is 0 Å². The molecule has 21 heavy (non-hydrogen) atoms. The maximum absolute atomic E-state index is 12.2. The summed E-state index contributed by atoms with van der Waals surface area (Å²) in [5.74, 6) is -1.01. The molecule has 112 valence electrons. The summed E-state index contributed by atoms with van der Waals surface area (Å²) in [4.78, 5) is 14.8. The molecule has 0 aliphatic rings. The van der Waals surface area contributed by atoms with Crippen LogP contribution in [0.1, 0.15) is 35.4 Å². The van der Waals surface area contributed by atoms with E-state index in [0.717, 1.165) is 6.42 Å². The highest BCUT2D eigenvalue weighted by molar-refractivity contribution is 7.90. The fourth-order valence-electron chi connectivity index (χ4n) is 1.72. The van der Waals surface area contributed by atoms with Crippen LogP contribution < -0.4 is 0 Å². The molecule has 0 aliphatic carbocycles. The Morgan fingerprint density at radius 2 is 1.95 bits per heavy atom. The molecule has 0 saturated heterocycles. The Hall–Kier alpha value is -2.22. The first kappa shape index (κ1) is 15.2. The van der Waals surface area contributed by atoms with Crippen molar-refractivity contribution < 1.29 is 22.8 Å². The minimum absolute atomic E-state index is 0.0164. The van der Waals surface area contributed by atoms with Crippen molar-refractivity contribution in [2.24, 2.45) is 0 Å². The zero-order chi connectivity index (χ0) is 15.5. The first-order valence-electron chi connectivity index (χ1n) is 6.30. The lowest BCUT2D eigenvalue weighted by Crippen LogP contribution is -2.06. The van der Waals surface area contributed by atoms with Crippen LogP contribution in [0.3, 0.4) is 0 Å². The molecule has 2 rings (SSSR count). The van der Waals surface area contributed by atoms with E-state index in [1.54, 1.807) is 0 Å². The Bertz CT molecular complexity index is 734. The number of hydrogen-bond acceptors (Lipinski definition) is 6. The summed E-state index contributed by atoms with van der Waals surface area (Å²) in [6.07, 6.45) is 1.46. The number of hydrogen-bond donors (Lipinski definition) is 1. The van der Waals surface area contributed by atoms with Gasteiger partial charge in [0.25, 0.3) is 0 Å². The van der Waals surface area contributed by atoms with Crippen LogP contribution >= 0.6 is 0 Å². The molecule has 0 saturated carbocycles. The number of carboxylic acids is 1. The lowest BCUT2D eigenvalue weighted by Gasteiger charge is -2.02. The Labute approximate surface area is 121 Å². The predicted octanol–water partition coefficient (Wildman–Crippen LogP) is 1.69. The normalized spacial score (nSPS) is 11.5. The van der Waals surface area contributed by atoms with Crippen LogP contribution in [0.5, 0.6) is 0 Å². The maximum Gasteiger partial charge on any atom is 0.335 e. The summed E-state index contributed by atoms with van der Waals surface area (Å²) in [6, 6.07) is 4.99. The minimum atomic E-state index is -3.65. The lowest BCUT2D eigenvalue weighted by molar-refractivity contribution is 0.0696. The van der Waals surface area contributed by atoms with E-state index in [1.807, 2.05) is 6.92 Å². The van der Waals surface area contributed by atoms with Crippen molar-refractivity contribution >= 4 is 15.8 Å². The van der Waals surface area contributed by atoms with Gasteiger partial charge in [0.2, 0.25) is 5.89 Å². The molecule has 0 fully saturated rings. The number of sulfone groups is 1. The molecule has 0 bridgehead atoms. The number of aromatic nitrogens is 2. The van der Waals surface area contributed by atoms with Crippen LogP contribution in [0.2, 0.25) is 0 Å². The summed E-state index contributed by atoms with van der Waals surface area (Å²) in [5.41, 5.74) is 0.0250. The molecule has 2 aromatic rings. The number of nitrogens with zero attached hydrogens (tertiary/aromatic N) is 2. The number of aryl methyl sites for hydroxylation is 1. The average Bonchev–Trinajstić information content (AvgIpc) is 2.86. The fourth-order valence-corrected chi connectivity index (χ4v) is 2.88. The van der Waals surface area contributed by atoms with Crippen LogP contribution in [-0.2, 0) is 22.0 Å². The third kappa shape index (κ3) is 3.66. The van der Waals surface area contributed by atoms with Gasteiger partial charge in [-0.05, 0) is 30.7 Å². The summed E-state index contributed by atoms with van der Waals surface area (Å²) >= 11 is 0. The Morgan fingerprint density at radius 3 is 2.52 bits per heavy atom. The number of aromatic carboxylic acids is 1. The number of rotatable bonds is 6. The Balaban J connectivity index is 2.18. The van der Waals surface area contributed by atoms with Gasteiger partial charge in [0.1, 0.15) is 5.75 Å². The Morgan fingerprint density at radius 1 is 1.29 bits per heavy atom. The van der Waals surface area contributed by atoms with Crippen molar-refractivity contribution in [2.45, 2.75) is 30.4 Å². The standard InChI is InChI=1S/C13H14N2O5S/c1-2-3-11-14-12(20-15-11)8-21(18,19)10-6-4-9(5-7-10)13(16)17/h4-7H,2-3,8H2,1H3,(H,16,17). The quantitative estimate of drug-likeness (QED) is 0.864. The van der Waals surface area contributed by atoms with Gasteiger partial charge in [-0.15, -0.1) is 0 Å². The monoisotopic (exact) mass is 310 g/mol. The highest BCUT2D eigenvalue weighted by atomic mass is 32.2. The molecule has 0 atom stereocenters. The van der Waals surface area contributed by atoms with Crippen molar-refractivity contribution in [3.8, 4) is 0 Å². The maximum atomic E-state index is 12.2. The van der Waals surface area contributed by atoms with Crippen molar-refractivity contribution in [1.29, 1.82) is 0 Å². The fraction of sp³-hybridized carbons (Fsp3) is 0.308. The molecular formula is C13H14N2O5S. The SMILES string of the molecule is CCCc1noc(CS(=O)(=O)c2ccc(C(=O)O)cc2)n1. The molecule has 7 nitrogen and oxygen atoms in total. The topological polar surface area (TPSA) is 110 Å². The average molecular weight is 310 g/mol. The Kier molecular flexibility index (Phi) is 4.37. The summed E-state index contributed by atoms with van der Waals surface area (Å²) in [6.45, 7) is 1.96. The third-order valence-corrected chi connectivity index (χ3v) is 4.38. The first-order valence-corrected chi connectivity index (χ1v) is 7.95. The van der Waals surface area contributed by atoms with E-state index in [4.69, 9.17) is 9.63 Å². The molecule has 0 amide bonds. The molecule has 1 aromatic carbocycles. The van der Waals surface area contributed by atoms with E-state index in [-0.39, 0.29) is 16.3 Å². The van der Waals surface area contributed by atoms with Gasteiger partial charge in [-0.25, -0.2) is 13.2 Å². The molecular weight excluding hydrogens is 296 g/mol. The van der Waals surface area contributed by atoms with Gasteiger partial charge in [-0.1, -0.05) is 12.1 Å². The third-order valence-electron chi connectivity index (χ3n) is 2.76. The second kappa shape index (κ2) is 6.04. The summed E-state index contributed by atoms with van der Waals surface area (Å²) in [5, 5.41) is 12.5. The molecule has 0 unspecified atom stereocenters. The van der Waals surface area contributed by atoms with Gasteiger partial charge < -0.3 is 9.63 Å². The largest absolute Gasteiger partial charge is 0.478 e. The van der Waals surface area contributed by atoms with Gasteiger partial charge in [0, 0.05) is 6.42 Å². The smallest absolute Gasteiger partial charge is 0.335 e. The van der Waals surface area contributed by atoms with Crippen LogP contribution in [-0.4, -0.2) is 29.6 Å². The second-order valence-electron chi connectivity index (χ2n) is 4.44. The highest BCUT2D eigenvalue weighted by Gasteiger charge is 2.20.